The van der Waals surface area contributed by atoms with Gasteiger partial charge in [-0.3, -0.25) is 0 Å². The number of amidine groups is 1. The molecule has 0 radical (unpaired) electrons. The first kappa shape index (κ1) is 19.7. The van der Waals surface area contributed by atoms with Crippen molar-refractivity contribution in [1.82, 2.24) is 0 Å². The molecule has 0 spiro atoms. The van der Waals surface area contributed by atoms with Gasteiger partial charge in [0.05, 0.1) is 12.2 Å². The Balaban J connectivity index is 1.71. The summed E-state index contributed by atoms with van der Waals surface area (Å²) in [6.45, 7) is 4.70. The van der Waals surface area contributed by atoms with Gasteiger partial charge in [-0.15, -0.1) is 4.40 Å². The molecule has 0 aromatic heterocycles. The Kier molecular flexibility index (Phi) is 5.48. The molecular weight excluding hydrogens is 400 g/mol. The molecule has 6 heteroatoms. The smallest absolute Gasteiger partial charge is 0.286 e. The van der Waals surface area contributed by atoms with Gasteiger partial charge in [-0.25, -0.2) is 0 Å². The summed E-state index contributed by atoms with van der Waals surface area (Å²) in [5.74, 6) is 0.662. The molecule has 0 unspecified atom stereocenters. The van der Waals surface area contributed by atoms with Crippen LogP contribution in [0.1, 0.15) is 22.3 Å². The SMILES string of the molecule is Cc1ccc(C)c(CSC2=NS(=O)(=O)c3ccccc3N2Cc2ccccc2)c1. The summed E-state index contributed by atoms with van der Waals surface area (Å²) >= 11 is 1.46. The van der Waals surface area contributed by atoms with Gasteiger partial charge >= 0.3 is 0 Å². The Morgan fingerprint density at radius 1 is 0.931 bits per heavy atom. The second kappa shape index (κ2) is 8.05. The van der Waals surface area contributed by atoms with Crippen molar-refractivity contribution < 1.29 is 8.42 Å². The average molecular weight is 423 g/mol. The van der Waals surface area contributed by atoms with Crippen molar-refractivity contribution in [2.75, 3.05) is 4.90 Å². The van der Waals surface area contributed by atoms with Crippen molar-refractivity contribution in [3.63, 3.8) is 0 Å². The highest BCUT2D eigenvalue weighted by molar-refractivity contribution is 8.14. The van der Waals surface area contributed by atoms with Gasteiger partial charge in [-0.2, -0.15) is 8.42 Å². The number of thioether (sulfide) groups is 1. The quantitative estimate of drug-likeness (QED) is 0.572. The normalized spacial score (nSPS) is 15.0. The third kappa shape index (κ3) is 4.23. The minimum atomic E-state index is -3.71. The number of hydrogen-bond donors (Lipinski definition) is 0. The monoisotopic (exact) mass is 422 g/mol. The van der Waals surface area contributed by atoms with E-state index in [9.17, 15) is 8.42 Å². The van der Waals surface area contributed by atoms with Gasteiger partial charge < -0.3 is 4.90 Å². The molecule has 0 saturated carbocycles. The van der Waals surface area contributed by atoms with Gasteiger partial charge in [-0.05, 0) is 42.7 Å². The van der Waals surface area contributed by atoms with Crippen molar-refractivity contribution in [3.05, 3.63) is 95.1 Å². The molecule has 0 atom stereocenters. The molecule has 148 valence electrons. The molecule has 1 aliphatic heterocycles. The molecule has 0 aliphatic carbocycles. The highest BCUT2D eigenvalue weighted by atomic mass is 32.2. The first-order valence-electron chi connectivity index (χ1n) is 9.38. The van der Waals surface area contributed by atoms with E-state index in [1.807, 2.05) is 47.4 Å². The van der Waals surface area contributed by atoms with Crippen LogP contribution in [0.3, 0.4) is 0 Å². The van der Waals surface area contributed by atoms with Crippen molar-refractivity contribution in [3.8, 4) is 0 Å². The van der Waals surface area contributed by atoms with Gasteiger partial charge in [0.2, 0.25) is 0 Å². The molecule has 1 heterocycles. The molecule has 4 nitrogen and oxygen atoms in total. The maximum absolute atomic E-state index is 12.8. The first-order valence-corrected chi connectivity index (χ1v) is 11.8. The Morgan fingerprint density at radius 2 is 1.66 bits per heavy atom. The molecule has 0 N–H and O–H groups in total. The van der Waals surface area contributed by atoms with E-state index in [2.05, 4.69) is 36.4 Å². The number of benzene rings is 3. The number of nitrogens with zero attached hydrogens (tertiary/aromatic N) is 2. The Bertz CT molecular complexity index is 1170. The number of aryl methyl sites for hydroxylation is 2. The number of anilines is 1. The second-order valence-electron chi connectivity index (χ2n) is 7.11. The zero-order chi connectivity index (χ0) is 20.4. The highest BCUT2D eigenvalue weighted by Crippen LogP contribution is 2.36. The van der Waals surface area contributed by atoms with Crippen LogP contribution in [-0.2, 0) is 22.3 Å². The van der Waals surface area contributed by atoms with E-state index in [0.29, 0.717) is 23.2 Å². The van der Waals surface area contributed by atoms with Crippen molar-refractivity contribution in [1.29, 1.82) is 0 Å². The van der Waals surface area contributed by atoms with Crippen LogP contribution in [0.4, 0.5) is 5.69 Å². The number of sulfonamides is 1. The fourth-order valence-corrected chi connectivity index (χ4v) is 5.84. The topological polar surface area (TPSA) is 49.7 Å². The van der Waals surface area contributed by atoms with Crippen LogP contribution >= 0.6 is 11.8 Å². The van der Waals surface area contributed by atoms with E-state index in [-0.39, 0.29) is 4.90 Å². The Morgan fingerprint density at radius 3 is 2.45 bits per heavy atom. The predicted molar refractivity (Wildman–Crippen MR) is 121 cm³/mol. The Labute approximate surface area is 176 Å². The minimum Gasteiger partial charge on any atom is -0.315 e. The first-order chi connectivity index (χ1) is 13.9. The lowest BCUT2D eigenvalue weighted by Crippen LogP contribution is -2.33. The molecule has 3 aromatic rings. The number of hydrogen-bond acceptors (Lipinski definition) is 4. The van der Waals surface area contributed by atoms with Crippen molar-refractivity contribution in [2.24, 2.45) is 4.40 Å². The molecule has 1 aliphatic rings. The lowest BCUT2D eigenvalue weighted by atomic mass is 10.1. The van der Waals surface area contributed by atoms with E-state index >= 15 is 0 Å². The lowest BCUT2D eigenvalue weighted by molar-refractivity contribution is 0.597. The summed E-state index contributed by atoms with van der Waals surface area (Å²) in [7, 11) is -3.71. The predicted octanol–water partition coefficient (Wildman–Crippen LogP) is 5.30. The summed E-state index contributed by atoms with van der Waals surface area (Å²) in [6.07, 6.45) is 0. The van der Waals surface area contributed by atoms with Crippen LogP contribution < -0.4 is 4.90 Å². The molecule has 3 aromatic carbocycles. The van der Waals surface area contributed by atoms with Crippen molar-refractivity contribution >= 4 is 32.6 Å². The highest BCUT2D eigenvalue weighted by Gasteiger charge is 2.31. The van der Waals surface area contributed by atoms with Crippen LogP contribution in [0, 0.1) is 13.8 Å². The van der Waals surface area contributed by atoms with Gasteiger partial charge in [0.15, 0.2) is 5.17 Å². The van der Waals surface area contributed by atoms with E-state index in [4.69, 9.17) is 0 Å². The van der Waals surface area contributed by atoms with Gasteiger partial charge in [0, 0.05) is 5.75 Å². The van der Waals surface area contributed by atoms with Crippen LogP contribution in [0.15, 0.2) is 82.1 Å². The zero-order valence-electron chi connectivity index (χ0n) is 16.4. The van der Waals surface area contributed by atoms with Crippen LogP contribution in [0.5, 0.6) is 0 Å². The summed E-state index contributed by atoms with van der Waals surface area (Å²) in [4.78, 5) is 2.26. The maximum Gasteiger partial charge on any atom is 0.286 e. The van der Waals surface area contributed by atoms with E-state index in [1.54, 1.807) is 12.1 Å². The number of para-hydroxylation sites is 1. The van der Waals surface area contributed by atoms with Crippen LogP contribution in [0.2, 0.25) is 0 Å². The fraction of sp³-hybridized carbons (Fsp3) is 0.174. The lowest BCUT2D eigenvalue weighted by Gasteiger charge is -2.30. The van der Waals surface area contributed by atoms with Gasteiger partial charge in [0.1, 0.15) is 4.90 Å². The third-order valence-corrected chi connectivity index (χ3v) is 7.36. The number of fused-ring (bicyclic) bond motifs is 1. The summed E-state index contributed by atoms with van der Waals surface area (Å²) in [5, 5.41) is 0.508. The van der Waals surface area contributed by atoms with Gasteiger partial charge in [0.25, 0.3) is 10.0 Å². The third-order valence-electron chi connectivity index (χ3n) is 4.91. The van der Waals surface area contributed by atoms with Crippen molar-refractivity contribution in [2.45, 2.75) is 31.0 Å². The van der Waals surface area contributed by atoms with Gasteiger partial charge in [-0.1, -0.05) is 78.0 Å². The summed E-state index contributed by atoms with van der Waals surface area (Å²) in [5.41, 5.74) is 5.35. The molecule has 29 heavy (non-hydrogen) atoms. The Hall–Kier alpha value is -2.57. The maximum atomic E-state index is 12.8. The van der Waals surface area contributed by atoms with E-state index in [1.165, 1.54) is 28.5 Å². The van der Waals surface area contributed by atoms with Crippen LogP contribution in [-0.4, -0.2) is 13.6 Å². The average Bonchev–Trinajstić information content (AvgIpc) is 2.72. The van der Waals surface area contributed by atoms with E-state index in [0.717, 1.165) is 5.56 Å². The molecular formula is C23H22N2O2S2. The van der Waals surface area contributed by atoms with Crippen LogP contribution in [0.25, 0.3) is 0 Å². The molecule has 4 rings (SSSR count). The summed E-state index contributed by atoms with van der Waals surface area (Å²) < 4.78 is 29.8. The minimum absolute atomic E-state index is 0.256. The van der Waals surface area contributed by atoms with E-state index < -0.39 is 10.0 Å². The number of rotatable bonds is 4. The molecule has 0 fully saturated rings. The molecule has 0 amide bonds. The standard InChI is InChI=1S/C23H22N2O2S2/c1-17-12-13-18(2)20(14-17)16-28-23-24-29(26,27)22-11-7-6-10-21(22)25(23)15-19-8-4-3-5-9-19/h3-14H,15-16H2,1-2H3. The largest absolute Gasteiger partial charge is 0.315 e. The zero-order valence-corrected chi connectivity index (χ0v) is 18.0. The molecule has 0 bridgehead atoms. The fourth-order valence-electron chi connectivity index (χ4n) is 3.32. The molecule has 0 saturated heterocycles. The second-order valence-corrected chi connectivity index (χ2v) is 9.62. The summed E-state index contributed by atoms with van der Waals surface area (Å²) in [6, 6.07) is 23.4.